The number of carbonyl (C=O) groups is 1. The Hall–Kier alpha value is -2.60. The normalized spacial score (nSPS) is 10.7. The summed E-state index contributed by atoms with van der Waals surface area (Å²) in [4.78, 5) is 16.5. The van der Waals surface area contributed by atoms with Crippen LogP contribution in [-0.4, -0.2) is 10.9 Å². The van der Waals surface area contributed by atoms with E-state index in [0.717, 1.165) is 28.9 Å². The molecule has 6 heteroatoms. The van der Waals surface area contributed by atoms with Crippen LogP contribution in [0.1, 0.15) is 16.1 Å². The molecule has 0 aliphatic carbocycles. The number of amides is 1. The largest absolute Gasteiger partial charge is 0.325 e. The molecule has 0 spiro atoms. The minimum absolute atomic E-state index is 0.127. The van der Waals surface area contributed by atoms with Gasteiger partial charge in [-0.15, -0.1) is 11.3 Å². The van der Waals surface area contributed by atoms with Crippen molar-refractivity contribution < 1.29 is 13.6 Å². The summed E-state index contributed by atoms with van der Waals surface area (Å²) in [5.74, 6) is -1.98. The van der Waals surface area contributed by atoms with E-state index in [4.69, 9.17) is 0 Å². The van der Waals surface area contributed by atoms with Gasteiger partial charge in [0.1, 0.15) is 5.01 Å². The third-order valence-corrected chi connectivity index (χ3v) is 4.58. The monoisotopic (exact) mass is 358 g/mol. The standard InChI is InChI=1S/C19H16F2N2OS/c1-11-3-6-16(12(2)7-11)22-18(24)9-19-23-17(10-25-19)13-4-5-14(20)15(21)8-13/h3-8,10H,9H2,1-2H3,(H,22,24). The Labute approximate surface area is 148 Å². The van der Waals surface area contributed by atoms with Crippen LogP contribution in [0.4, 0.5) is 14.5 Å². The molecule has 0 aliphatic heterocycles. The lowest BCUT2D eigenvalue weighted by molar-refractivity contribution is -0.115. The van der Waals surface area contributed by atoms with Crippen molar-refractivity contribution >= 4 is 22.9 Å². The second-order valence-electron chi connectivity index (χ2n) is 5.80. The number of nitrogens with zero attached hydrogens (tertiary/aromatic N) is 1. The Morgan fingerprint density at radius 1 is 1.12 bits per heavy atom. The summed E-state index contributed by atoms with van der Waals surface area (Å²) in [6, 6.07) is 9.44. The molecular weight excluding hydrogens is 342 g/mol. The SMILES string of the molecule is Cc1ccc(NC(=O)Cc2nc(-c3ccc(F)c(F)c3)cs2)c(C)c1. The van der Waals surface area contributed by atoms with Crippen molar-refractivity contribution in [3.63, 3.8) is 0 Å². The van der Waals surface area contributed by atoms with Crippen molar-refractivity contribution in [3.8, 4) is 11.3 Å². The van der Waals surface area contributed by atoms with E-state index in [9.17, 15) is 13.6 Å². The van der Waals surface area contributed by atoms with Gasteiger partial charge >= 0.3 is 0 Å². The van der Waals surface area contributed by atoms with Crippen LogP contribution in [0.3, 0.4) is 0 Å². The molecule has 0 bridgehead atoms. The second kappa shape index (κ2) is 7.11. The highest BCUT2D eigenvalue weighted by molar-refractivity contribution is 7.10. The molecule has 3 aromatic rings. The zero-order chi connectivity index (χ0) is 18.0. The first-order valence-corrected chi connectivity index (χ1v) is 8.57. The number of nitrogens with one attached hydrogen (secondary N) is 1. The van der Waals surface area contributed by atoms with Gasteiger partial charge in [0, 0.05) is 16.6 Å². The molecule has 2 aromatic carbocycles. The van der Waals surface area contributed by atoms with Crippen molar-refractivity contribution in [1.82, 2.24) is 4.98 Å². The number of thiazole rings is 1. The van der Waals surface area contributed by atoms with E-state index in [1.54, 1.807) is 5.38 Å². The highest BCUT2D eigenvalue weighted by atomic mass is 32.1. The zero-order valence-corrected chi connectivity index (χ0v) is 14.6. The van der Waals surface area contributed by atoms with E-state index in [1.165, 1.54) is 17.4 Å². The molecule has 3 rings (SSSR count). The predicted octanol–water partition coefficient (Wildman–Crippen LogP) is 4.89. The summed E-state index contributed by atoms with van der Waals surface area (Å²) in [6.45, 7) is 3.93. The first kappa shape index (κ1) is 17.2. The summed E-state index contributed by atoms with van der Waals surface area (Å²) in [6.07, 6.45) is 0.127. The molecule has 1 N–H and O–H groups in total. The first-order chi connectivity index (χ1) is 11.9. The summed E-state index contributed by atoms with van der Waals surface area (Å²) in [5.41, 5.74) is 3.91. The molecule has 0 radical (unpaired) electrons. The van der Waals surface area contributed by atoms with Gasteiger partial charge in [0.15, 0.2) is 11.6 Å². The van der Waals surface area contributed by atoms with Crippen LogP contribution < -0.4 is 5.32 Å². The van der Waals surface area contributed by atoms with Crippen LogP contribution in [0.15, 0.2) is 41.8 Å². The van der Waals surface area contributed by atoms with E-state index >= 15 is 0 Å². The molecule has 0 unspecified atom stereocenters. The van der Waals surface area contributed by atoms with E-state index < -0.39 is 11.6 Å². The lowest BCUT2D eigenvalue weighted by Gasteiger charge is -2.08. The van der Waals surface area contributed by atoms with Gasteiger partial charge in [0.05, 0.1) is 12.1 Å². The van der Waals surface area contributed by atoms with Crippen LogP contribution in [0.2, 0.25) is 0 Å². The summed E-state index contributed by atoms with van der Waals surface area (Å²) >= 11 is 1.31. The molecule has 0 fully saturated rings. The maximum Gasteiger partial charge on any atom is 0.231 e. The quantitative estimate of drug-likeness (QED) is 0.722. The number of hydrogen-bond donors (Lipinski definition) is 1. The van der Waals surface area contributed by atoms with Crippen LogP contribution >= 0.6 is 11.3 Å². The fourth-order valence-electron chi connectivity index (χ4n) is 2.47. The number of anilines is 1. The number of hydrogen-bond acceptors (Lipinski definition) is 3. The van der Waals surface area contributed by atoms with Gasteiger partial charge < -0.3 is 5.32 Å². The number of benzene rings is 2. The Kier molecular flexibility index (Phi) is 4.90. The highest BCUT2D eigenvalue weighted by Gasteiger charge is 2.12. The Balaban J connectivity index is 1.70. The number of halogens is 2. The highest BCUT2D eigenvalue weighted by Crippen LogP contribution is 2.24. The fraction of sp³-hybridized carbons (Fsp3) is 0.158. The molecule has 1 aromatic heterocycles. The van der Waals surface area contributed by atoms with Gasteiger partial charge in [-0.25, -0.2) is 13.8 Å². The van der Waals surface area contributed by atoms with Gasteiger partial charge in [-0.3, -0.25) is 4.79 Å². The van der Waals surface area contributed by atoms with Crippen LogP contribution in [0.25, 0.3) is 11.3 Å². The second-order valence-corrected chi connectivity index (χ2v) is 6.74. The maximum atomic E-state index is 13.3. The smallest absolute Gasteiger partial charge is 0.231 e. The van der Waals surface area contributed by atoms with Gasteiger partial charge in [-0.2, -0.15) is 0 Å². The third-order valence-electron chi connectivity index (χ3n) is 3.73. The van der Waals surface area contributed by atoms with Gasteiger partial charge in [0.25, 0.3) is 0 Å². The Bertz CT molecular complexity index is 937. The lowest BCUT2D eigenvalue weighted by Crippen LogP contribution is -2.15. The van der Waals surface area contributed by atoms with E-state index in [2.05, 4.69) is 10.3 Å². The Morgan fingerprint density at radius 3 is 2.64 bits per heavy atom. The minimum Gasteiger partial charge on any atom is -0.325 e. The number of rotatable bonds is 4. The lowest BCUT2D eigenvalue weighted by atomic mass is 10.1. The van der Waals surface area contributed by atoms with Crippen molar-refractivity contribution in [2.24, 2.45) is 0 Å². The summed E-state index contributed by atoms with van der Waals surface area (Å²) in [5, 5.41) is 5.21. The zero-order valence-electron chi connectivity index (χ0n) is 13.8. The number of aromatic nitrogens is 1. The fourth-order valence-corrected chi connectivity index (χ4v) is 3.27. The molecule has 0 saturated carbocycles. The average Bonchev–Trinajstić information content (AvgIpc) is 3.01. The van der Waals surface area contributed by atoms with E-state index in [1.807, 2.05) is 32.0 Å². The first-order valence-electron chi connectivity index (χ1n) is 7.69. The molecule has 1 amide bonds. The van der Waals surface area contributed by atoms with E-state index in [0.29, 0.717) is 16.3 Å². The summed E-state index contributed by atoms with van der Waals surface area (Å²) in [7, 11) is 0. The van der Waals surface area contributed by atoms with Crippen molar-refractivity contribution in [2.45, 2.75) is 20.3 Å². The molecule has 1 heterocycles. The molecule has 128 valence electrons. The number of carbonyl (C=O) groups excluding carboxylic acids is 1. The molecular formula is C19H16F2N2OS. The van der Waals surface area contributed by atoms with Crippen LogP contribution in [-0.2, 0) is 11.2 Å². The van der Waals surface area contributed by atoms with Crippen molar-refractivity contribution in [1.29, 1.82) is 0 Å². The number of aryl methyl sites for hydroxylation is 2. The van der Waals surface area contributed by atoms with Gasteiger partial charge in [0.2, 0.25) is 5.91 Å². The minimum atomic E-state index is -0.917. The molecule has 25 heavy (non-hydrogen) atoms. The average molecular weight is 358 g/mol. The van der Waals surface area contributed by atoms with Crippen molar-refractivity contribution in [3.05, 3.63) is 69.5 Å². The predicted molar refractivity (Wildman–Crippen MR) is 95.7 cm³/mol. The third kappa shape index (κ3) is 4.09. The van der Waals surface area contributed by atoms with E-state index in [-0.39, 0.29) is 12.3 Å². The van der Waals surface area contributed by atoms with Gasteiger partial charge in [-0.1, -0.05) is 17.7 Å². The molecule has 3 nitrogen and oxygen atoms in total. The summed E-state index contributed by atoms with van der Waals surface area (Å²) < 4.78 is 26.3. The molecule has 0 saturated heterocycles. The van der Waals surface area contributed by atoms with Crippen LogP contribution in [0.5, 0.6) is 0 Å². The maximum absolute atomic E-state index is 13.3. The molecule has 0 aliphatic rings. The Morgan fingerprint density at radius 2 is 1.92 bits per heavy atom. The molecule has 0 atom stereocenters. The topological polar surface area (TPSA) is 42.0 Å². The van der Waals surface area contributed by atoms with Gasteiger partial charge in [-0.05, 0) is 43.7 Å². The van der Waals surface area contributed by atoms with Crippen LogP contribution in [0, 0.1) is 25.5 Å². The van der Waals surface area contributed by atoms with Crippen molar-refractivity contribution in [2.75, 3.05) is 5.32 Å².